The maximum absolute atomic E-state index is 14.6. The van der Waals surface area contributed by atoms with Crippen molar-refractivity contribution >= 4 is 23.0 Å². The molecule has 4 nitrogen and oxygen atoms in total. The number of alkyl halides is 3. The smallest absolute Gasteiger partial charge is 0.395 e. The third-order valence-corrected chi connectivity index (χ3v) is 4.88. The zero-order valence-electron chi connectivity index (χ0n) is 18.1. The number of carbonyl (C=O) groups is 1. The van der Waals surface area contributed by atoms with E-state index in [1.54, 1.807) is 0 Å². The molecule has 8 heteroatoms. The van der Waals surface area contributed by atoms with Crippen LogP contribution >= 0.6 is 0 Å². The van der Waals surface area contributed by atoms with Crippen LogP contribution in [0, 0.1) is 5.82 Å². The molecule has 4 N–H and O–H groups in total. The Hall–Kier alpha value is -3.03. The minimum atomic E-state index is -4.40. The fraction of sp³-hybridized carbons (Fsp3) is 0.375. The Kier molecular flexibility index (Phi) is 9.56. The normalized spacial score (nSPS) is 11.7. The molecule has 0 radical (unpaired) electrons. The Morgan fingerprint density at radius 1 is 1.00 bits per heavy atom. The van der Waals surface area contributed by atoms with Crippen LogP contribution in [0.4, 0.5) is 34.6 Å². The highest BCUT2D eigenvalue weighted by Crippen LogP contribution is 2.30. The van der Waals surface area contributed by atoms with Gasteiger partial charge in [-0.05, 0) is 49.1 Å². The van der Waals surface area contributed by atoms with E-state index in [0.29, 0.717) is 18.4 Å². The van der Waals surface area contributed by atoms with Crippen LogP contribution in [0.5, 0.6) is 0 Å². The molecule has 0 atom stereocenters. The van der Waals surface area contributed by atoms with E-state index in [1.165, 1.54) is 24.3 Å². The molecule has 0 aliphatic carbocycles. The van der Waals surface area contributed by atoms with Gasteiger partial charge in [-0.3, -0.25) is 4.79 Å². The minimum Gasteiger partial charge on any atom is -0.395 e. The predicted molar refractivity (Wildman–Crippen MR) is 121 cm³/mol. The second-order valence-corrected chi connectivity index (χ2v) is 7.49. The van der Waals surface area contributed by atoms with Crippen molar-refractivity contribution in [3.05, 3.63) is 65.5 Å². The van der Waals surface area contributed by atoms with Crippen LogP contribution in [0.2, 0.25) is 0 Å². The molecule has 2 aromatic carbocycles. The van der Waals surface area contributed by atoms with Gasteiger partial charge in [0, 0.05) is 13.0 Å². The van der Waals surface area contributed by atoms with Crippen molar-refractivity contribution in [1.29, 1.82) is 0 Å². The number of carbonyl (C=O) groups excluding carboxylic acids is 1. The van der Waals surface area contributed by atoms with E-state index in [4.69, 9.17) is 5.73 Å². The number of nitrogens with two attached hydrogens (primary N) is 1. The highest BCUT2D eigenvalue weighted by atomic mass is 19.4. The molecule has 0 aliphatic heterocycles. The monoisotopic (exact) mass is 451 g/mol. The van der Waals surface area contributed by atoms with E-state index >= 15 is 0 Å². The molecule has 2 rings (SSSR count). The zero-order valence-corrected chi connectivity index (χ0v) is 18.1. The van der Waals surface area contributed by atoms with Crippen LogP contribution in [0.1, 0.15) is 56.6 Å². The first-order valence-corrected chi connectivity index (χ1v) is 10.6. The van der Waals surface area contributed by atoms with Gasteiger partial charge in [0.15, 0.2) is 5.82 Å². The van der Waals surface area contributed by atoms with Crippen LogP contribution in [-0.2, 0) is 17.5 Å². The van der Waals surface area contributed by atoms with E-state index in [9.17, 15) is 22.4 Å². The predicted octanol–water partition coefficient (Wildman–Crippen LogP) is 6.89. The molecule has 0 bridgehead atoms. The number of halogens is 4. The number of hydrogen-bond acceptors (Lipinski definition) is 3. The Bertz CT molecular complexity index is 909. The molecular weight excluding hydrogens is 422 g/mol. The van der Waals surface area contributed by atoms with Crippen LogP contribution < -0.4 is 16.4 Å². The van der Waals surface area contributed by atoms with E-state index in [-0.39, 0.29) is 29.5 Å². The Morgan fingerprint density at radius 3 is 2.25 bits per heavy atom. The number of benzene rings is 2. The molecule has 2 aromatic rings. The summed E-state index contributed by atoms with van der Waals surface area (Å²) in [6, 6.07) is 7.52. The Morgan fingerprint density at radius 2 is 1.62 bits per heavy atom. The maximum Gasteiger partial charge on any atom is 0.416 e. The first-order valence-electron chi connectivity index (χ1n) is 10.6. The maximum atomic E-state index is 14.6. The number of nitrogen functional groups attached to an aromatic ring is 1. The summed E-state index contributed by atoms with van der Waals surface area (Å²) in [6.45, 7) is 2.25. The number of unbranched alkanes of at least 4 members (excludes halogenated alkanes) is 3. The zero-order chi connectivity index (χ0) is 23.6. The number of amides is 1. The van der Waals surface area contributed by atoms with E-state index in [1.807, 2.05) is 0 Å². The lowest BCUT2D eigenvalue weighted by Gasteiger charge is -2.14. The molecule has 1 amide bonds. The van der Waals surface area contributed by atoms with Gasteiger partial charge in [0.2, 0.25) is 5.91 Å². The van der Waals surface area contributed by atoms with Crippen LogP contribution in [0.15, 0.2) is 48.6 Å². The first kappa shape index (κ1) is 25.2. The lowest BCUT2D eigenvalue weighted by atomic mass is 10.1. The quantitative estimate of drug-likeness (QED) is 0.151. The van der Waals surface area contributed by atoms with Crippen molar-refractivity contribution in [3.8, 4) is 0 Å². The highest BCUT2D eigenvalue weighted by Gasteiger charge is 2.29. The summed E-state index contributed by atoms with van der Waals surface area (Å²) in [5.41, 5.74) is 5.71. The average Bonchev–Trinajstić information content (AvgIpc) is 2.75. The molecule has 32 heavy (non-hydrogen) atoms. The van der Waals surface area contributed by atoms with Crippen molar-refractivity contribution in [3.63, 3.8) is 0 Å². The lowest BCUT2D eigenvalue weighted by molar-refractivity contribution is -0.137. The van der Waals surface area contributed by atoms with Gasteiger partial charge in [-0.25, -0.2) is 4.39 Å². The molecule has 0 spiro atoms. The topological polar surface area (TPSA) is 67.2 Å². The molecule has 174 valence electrons. The third kappa shape index (κ3) is 7.90. The van der Waals surface area contributed by atoms with Gasteiger partial charge in [0.25, 0.3) is 0 Å². The summed E-state index contributed by atoms with van der Waals surface area (Å²) < 4.78 is 52.5. The summed E-state index contributed by atoms with van der Waals surface area (Å²) in [7, 11) is 0. The summed E-state index contributed by atoms with van der Waals surface area (Å²) in [4.78, 5) is 12.1. The van der Waals surface area contributed by atoms with Crippen LogP contribution in [-0.4, -0.2) is 5.91 Å². The van der Waals surface area contributed by atoms with Crippen molar-refractivity contribution < 1.29 is 22.4 Å². The SMILES string of the molecule is CCCC/C=C/CCCC(=O)Nc1ccc(NCc2ccc(C(F)(F)F)cc2)c(F)c1N. The molecule has 0 unspecified atom stereocenters. The standard InChI is InChI=1S/C24H29F4N3O/c1-2-3-4-5-6-7-8-9-21(32)31-20-15-14-19(22(25)23(20)29)30-16-17-10-12-18(13-11-17)24(26,27)28/h5-6,10-15,30H,2-4,7-9,16,29H2,1H3,(H,31,32)/b6-5+. The molecule has 0 saturated carbocycles. The molecule has 0 heterocycles. The summed E-state index contributed by atoms with van der Waals surface area (Å²) in [5, 5.41) is 5.44. The summed E-state index contributed by atoms with van der Waals surface area (Å²) >= 11 is 0. The number of anilines is 3. The van der Waals surface area contributed by atoms with Gasteiger partial charge in [0.05, 0.1) is 22.6 Å². The van der Waals surface area contributed by atoms with Crippen LogP contribution in [0.25, 0.3) is 0 Å². The van der Waals surface area contributed by atoms with Crippen LogP contribution in [0.3, 0.4) is 0 Å². The molecule has 0 saturated heterocycles. The second-order valence-electron chi connectivity index (χ2n) is 7.49. The Labute approximate surface area is 185 Å². The van der Waals surface area contributed by atoms with Crippen molar-refractivity contribution in [2.24, 2.45) is 0 Å². The minimum absolute atomic E-state index is 0.0950. The average molecular weight is 452 g/mol. The number of hydrogen-bond donors (Lipinski definition) is 3. The van der Waals surface area contributed by atoms with Gasteiger partial charge in [0.1, 0.15) is 0 Å². The van der Waals surface area contributed by atoms with Crippen molar-refractivity contribution in [2.75, 3.05) is 16.4 Å². The fourth-order valence-corrected chi connectivity index (χ4v) is 3.00. The number of allylic oxidation sites excluding steroid dienone is 2. The fourth-order valence-electron chi connectivity index (χ4n) is 3.00. The van der Waals surface area contributed by atoms with Gasteiger partial charge in [-0.15, -0.1) is 0 Å². The van der Waals surface area contributed by atoms with Gasteiger partial charge in [-0.2, -0.15) is 13.2 Å². The molecule has 0 aromatic heterocycles. The highest BCUT2D eigenvalue weighted by molar-refractivity contribution is 5.94. The number of nitrogens with one attached hydrogen (secondary N) is 2. The van der Waals surface area contributed by atoms with E-state index in [2.05, 4.69) is 29.7 Å². The molecular formula is C24H29F4N3O. The van der Waals surface area contributed by atoms with E-state index in [0.717, 1.165) is 37.8 Å². The summed E-state index contributed by atoms with van der Waals surface area (Å²) in [5.74, 6) is -0.975. The largest absolute Gasteiger partial charge is 0.416 e. The van der Waals surface area contributed by atoms with Gasteiger partial charge < -0.3 is 16.4 Å². The van der Waals surface area contributed by atoms with Gasteiger partial charge >= 0.3 is 6.18 Å². The van der Waals surface area contributed by atoms with Gasteiger partial charge in [-0.1, -0.05) is 44.1 Å². The van der Waals surface area contributed by atoms with Crippen molar-refractivity contribution in [2.45, 2.75) is 58.2 Å². The molecule has 0 fully saturated rings. The summed E-state index contributed by atoms with van der Waals surface area (Å²) in [6.07, 6.45) is 4.89. The third-order valence-electron chi connectivity index (χ3n) is 4.88. The first-order chi connectivity index (χ1) is 15.2. The van der Waals surface area contributed by atoms with E-state index < -0.39 is 17.6 Å². The Balaban J connectivity index is 1.87. The van der Waals surface area contributed by atoms with Crippen molar-refractivity contribution in [1.82, 2.24) is 0 Å². The lowest BCUT2D eigenvalue weighted by Crippen LogP contribution is -2.14. The molecule has 0 aliphatic rings. The number of rotatable bonds is 11. The second kappa shape index (κ2) is 12.1.